The maximum atomic E-state index is 13.7. The van der Waals surface area contributed by atoms with Gasteiger partial charge in [0.2, 0.25) is 5.91 Å². The van der Waals surface area contributed by atoms with Crippen LogP contribution in [0.4, 0.5) is 10.5 Å². The van der Waals surface area contributed by atoms with E-state index in [4.69, 9.17) is 9.47 Å². The molecule has 3 unspecified atom stereocenters. The first-order chi connectivity index (χ1) is 16.9. The summed E-state index contributed by atoms with van der Waals surface area (Å²) in [7, 11) is 3.06. The van der Waals surface area contributed by atoms with Crippen LogP contribution in [0, 0.1) is 5.92 Å². The van der Waals surface area contributed by atoms with Crippen LogP contribution in [0.15, 0.2) is 48.5 Å². The maximum absolute atomic E-state index is 13.7. The third-order valence-electron chi connectivity index (χ3n) is 5.70. The lowest BCUT2D eigenvalue weighted by Gasteiger charge is -2.33. The third kappa shape index (κ3) is 7.90. The van der Waals surface area contributed by atoms with E-state index in [1.54, 1.807) is 64.3 Å². The monoisotopic (exact) mass is 499 g/mol. The fourth-order valence-electron chi connectivity index (χ4n) is 3.56. The number of amides is 3. The molecule has 0 aromatic heterocycles. The van der Waals surface area contributed by atoms with Crippen molar-refractivity contribution < 1.29 is 29.0 Å². The van der Waals surface area contributed by atoms with Crippen LogP contribution >= 0.6 is 0 Å². The average Bonchev–Trinajstić information content (AvgIpc) is 2.82. The van der Waals surface area contributed by atoms with Gasteiger partial charge in [0, 0.05) is 12.7 Å². The number of carbonyl (C=O) groups excluding carboxylic acids is 3. The molecule has 196 valence electrons. The topological polar surface area (TPSA) is 117 Å². The van der Waals surface area contributed by atoms with Crippen molar-refractivity contribution in [3.8, 4) is 11.5 Å². The van der Waals surface area contributed by atoms with Crippen LogP contribution in [-0.4, -0.2) is 53.7 Å². The van der Waals surface area contributed by atoms with Crippen molar-refractivity contribution in [1.82, 2.24) is 10.2 Å². The Morgan fingerprint density at radius 2 is 1.61 bits per heavy atom. The van der Waals surface area contributed by atoms with E-state index >= 15 is 0 Å². The summed E-state index contributed by atoms with van der Waals surface area (Å²) < 4.78 is 10.5. The molecule has 0 aliphatic carbocycles. The van der Waals surface area contributed by atoms with Gasteiger partial charge >= 0.3 is 6.09 Å². The molecule has 0 aliphatic heterocycles. The largest absolute Gasteiger partial charge is 0.508 e. The predicted molar refractivity (Wildman–Crippen MR) is 138 cm³/mol. The lowest BCUT2D eigenvalue weighted by atomic mass is 9.96. The van der Waals surface area contributed by atoms with Crippen molar-refractivity contribution in [3.05, 3.63) is 54.1 Å². The van der Waals surface area contributed by atoms with Crippen molar-refractivity contribution in [2.24, 2.45) is 5.92 Å². The summed E-state index contributed by atoms with van der Waals surface area (Å²) in [5, 5.41) is 15.3. The van der Waals surface area contributed by atoms with Gasteiger partial charge in [-0.3, -0.25) is 9.59 Å². The van der Waals surface area contributed by atoms with Crippen molar-refractivity contribution in [3.63, 3.8) is 0 Å². The molecule has 3 N–H and O–H groups in total. The molecule has 0 saturated heterocycles. The van der Waals surface area contributed by atoms with Gasteiger partial charge in [0.15, 0.2) is 0 Å². The molecule has 2 aromatic rings. The number of hydrogen-bond acceptors (Lipinski definition) is 6. The number of nitrogens with zero attached hydrogens (tertiary/aromatic N) is 1. The van der Waals surface area contributed by atoms with E-state index in [0.29, 0.717) is 23.4 Å². The first kappa shape index (κ1) is 28.5. The first-order valence-corrected chi connectivity index (χ1v) is 11.9. The Morgan fingerprint density at radius 1 is 1.03 bits per heavy atom. The summed E-state index contributed by atoms with van der Waals surface area (Å²) in [5.41, 5.74) is 0.289. The van der Waals surface area contributed by atoms with Crippen LogP contribution in [0.2, 0.25) is 0 Å². The third-order valence-corrected chi connectivity index (χ3v) is 5.70. The molecule has 0 aliphatic rings. The Morgan fingerprint density at radius 3 is 2.11 bits per heavy atom. The van der Waals surface area contributed by atoms with Gasteiger partial charge in [-0.15, -0.1) is 0 Å². The molecule has 9 heteroatoms. The molecule has 0 heterocycles. The molecule has 9 nitrogen and oxygen atoms in total. The molecule has 0 fully saturated rings. The molecule has 0 radical (unpaired) electrons. The van der Waals surface area contributed by atoms with Crippen molar-refractivity contribution in [2.45, 2.75) is 58.7 Å². The second kappa shape index (κ2) is 12.3. The highest BCUT2D eigenvalue weighted by molar-refractivity contribution is 5.99. The second-order valence-corrected chi connectivity index (χ2v) is 9.67. The van der Waals surface area contributed by atoms with E-state index in [1.165, 1.54) is 24.1 Å². The second-order valence-electron chi connectivity index (χ2n) is 9.67. The number of phenols is 1. The minimum atomic E-state index is -1.04. The average molecular weight is 500 g/mol. The molecule has 0 spiro atoms. The van der Waals surface area contributed by atoms with Crippen LogP contribution in [0.1, 0.15) is 52.6 Å². The fraction of sp³-hybridized carbons (Fsp3) is 0.444. The van der Waals surface area contributed by atoms with E-state index in [-0.39, 0.29) is 11.7 Å². The summed E-state index contributed by atoms with van der Waals surface area (Å²) in [4.78, 5) is 40.9. The normalized spacial score (nSPS) is 13.6. The molecule has 2 aromatic carbocycles. The molecular formula is C27H37N3O6. The fourth-order valence-corrected chi connectivity index (χ4v) is 3.56. The van der Waals surface area contributed by atoms with Gasteiger partial charge < -0.3 is 30.1 Å². The van der Waals surface area contributed by atoms with Crippen LogP contribution in [0.5, 0.6) is 11.5 Å². The lowest BCUT2D eigenvalue weighted by molar-refractivity contribution is -0.140. The zero-order valence-electron chi connectivity index (χ0n) is 22.0. The number of anilines is 1. The number of methoxy groups -OCH3 is 1. The standard InChI is InChI=1S/C27H37N3O6/c1-8-17(2)22(29-26(34)36-27(3,4)5)25(33)30(6)23(18-9-13-20(31)14-10-18)24(32)28-19-11-15-21(35-7)16-12-19/h9-17,22-23,31H,8H2,1-7H3,(H,28,32)(H,29,34). The van der Waals surface area contributed by atoms with E-state index in [1.807, 2.05) is 13.8 Å². The zero-order chi connectivity index (χ0) is 27.0. The Balaban J connectivity index is 2.37. The number of nitrogens with one attached hydrogen (secondary N) is 2. The van der Waals surface area contributed by atoms with Gasteiger partial charge in [-0.05, 0) is 68.7 Å². The van der Waals surface area contributed by atoms with Gasteiger partial charge in [-0.1, -0.05) is 32.4 Å². The van der Waals surface area contributed by atoms with E-state index in [9.17, 15) is 19.5 Å². The van der Waals surface area contributed by atoms with Gasteiger partial charge in [-0.25, -0.2) is 4.79 Å². The van der Waals surface area contributed by atoms with Crippen LogP contribution < -0.4 is 15.4 Å². The number of likely N-dealkylation sites (N-methyl/N-ethyl adjacent to an activating group) is 1. The minimum absolute atomic E-state index is 0.0334. The van der Waals surface area contributed by atoms with Crippen LogP contribution in [0.3, 0.4) is 0 Å². The molecule has 0 bridgehead atoms. The number of alkyl carbamates (subject to hydrolysis) is 1. The molecule has 3 atom stereocenters. The molecule has 2 rings (SSSR count). The minimum Gasteiger partial charge on any atom is -0.508 e. The van der Waals surface area contributed by atoms with E-state index < -0.39 is 35.6 Å². The highest BCUT2D eigenvalue weighted by Crippen LogP contribution is 2.26. The highest BCUT2D eigenvalue weighted by atomic mass is 16.6. The maximum Gasteiger partial charge on any atom is 0.408 e. The number of hydrogen-bond donors (Lipinski definition) is 3. The molecular weight excluding hydrogens is 462 g/mol. The summed E-state index contributed by atoms with van der Waals surface area (Å²) in [6.07, 6.45) is -0.0967. The number of aromatic hydroxyl groups is 1. The number of phenolic OH excluding ortho intramolecular Hbond substituents is 1. The summed E-state index contributed by atoms with van der Waals surface area (Å²) >= 11 is 0. The molecule has 0 saturated carbocycles. The molecule has 3 amide bonds. The number of rotatable bonds is 9. The van der Waals surface area contributed by atoms with Crippen molar-refractivity contribution in [1.29, 1.82) is 0 Å². The smallest absolute Gasteiger partial charge is 0.408 e. The lowest BCUT2D eigenvalue weighted by Crippen LogP contribution is -2.53. The summed E-state index contributed by atoms with van der Waals surface area (Å²) in [6.45, 7) is 8.98. The summed E-state index contributed by atoms with van der Waals surface area (Å²) in [6, 6.07) is 10.9. The van der Waals surface area contributed by atoms with E-state index in [2.05, 4.69) is 10.6 Å². The van der Waals surface area contributed by atoms with Gasteiger partial charge in [0.05, 0.1) is 7.11 Å². The van der Waals surface area contributed by atoms with Crippen molar-refractivity contribution >= 4 is 23.6 Å². The van der Waals surface area contributed by atoms with Crippen LogP contribution in [0.25, 0.3) is 0 Å². The van der Waals surface area contributed by atoms with Crippen molar-refractivity contribution in [2.75, 3.05) is 19.5 Å². The van der Waals surface area contributed by atoms with Gasteiger partial charge in [0.25, 0.3) is 5.91 Å². The van der Waals surface area contributed by atoms with Gasteiger partial charge in [-0.2, -0.15) is 0 Å². The van der Waals surface area contributed by atoms with Gasteiger partial charge in [0.1, 0.15) is 29.2 Å². The predicted octanol–water partition coefficient (Wildman–Crippen LogP) is 4.48. The quantitative estimate of drug-likeness (QED) is 0.468. The zero-order valence-corrected chi connectivity index (χ0v) is 22.0. The first-order valence-electron chi connectivity index (χ1n) is 11.9. The highest BCUT2D eigenvalue weighted by Gasteiger charge is 2.36. The number of benzene rings is 2. The Bertz CT molecular complexity index is 1030. The van der Waals surface area contributed by atoms with E-state index in [0.717, 1.165) is 0 Å². The molecule has 36 heavy (non-hydrogen) atoms. The SMILES string of the molecule is CCC(C)C(NC(=O)OC(C)(C)C)C(=O)N(C)C(C(=O)Nc1ccc(OC)cc1)c1ccc(O)cc1. The Labute approximate surface area is 212 Å². The van der Waals surface area contributed by atoms with Crippen LogP contribution in [-0.2, 0) is 14.3 Å². The summed E-state index contributed by atoms with van der Waals surface area (Å²) in [5.74, 6) is -0.455. The number of ether oxygens (including phenoxy) is 2. The number of carbonyl (C=O) groups is 3. The Hall–Kier alpha value is -3.75. The Kier molecular flexibility index (Phi) is 9.72.